The zero-order valence-corrected chi connectivity index (χ0v) is 19.2. The summed E-state index contributed by atoms with van der Waals surface area (Å²) in [6.45, 7) is 2.03. The van der Waals surface area contributed by atoms with E-state index in [1.54, 1.807) is 24.4 Å². The molecule has 0 atom stereocenters. The van der Waals surface area contributed by atoms with Crippen molar-refractivity contribution in [1.29, 1.82) is 0 Å². The normalized spacial score (nSPS) is 15.1. The lowest BCUT2D eigenvalue weighted by Crippen LogP contribution is -2.28. The maximum Gasteiger partial charge on any atom is 0.348 e. The molecular weight excluding hydrogens is 455 g/mol. The fraction of sp³-hybridized carbons (Fsp3) is 0.185. The van der Waals surface area contributed by atoms with Crippen molar-refractivity contribution in [3.8, 4) is 5.75 Å². The standard InChI is InChI=1S/C27H22ClFN2O3/c1-2-21(22-9-6-19(29)14-23(22)28)25(17-5-10-24-18(13-17)15-30-31-24)16-3-7-20(8-4-16)34-27(11-12-27)26(32)33/h3-10,13-15H,2,11-12H2,1H3,(H,30,31)(H,32,33)/b25-21-. The van der Waals surface area contributed by atoms with E-state index in [0.717, 1.165) is 38.7 Å². The summed E-state index contributed by atoms with van der Waals surface area (Å²) in [6.07, 6.45) is 3.43. The molecule has 0 spiro atoms. The first kappa shape index (κ1) is 22.2. The first-order chi connectivity index (χ1) is 16.4. The van der Waals surface area contributed by atoms with Crippen molar-refractivity contribution in [1.82, 2.24) is 10.2 Å². The van der Waals surface area contributed by atoms with Crippen molar-refractivity contribution in [2.45, 2.75) is 31.8 Å². The second-order valence-corrected chi connectivity index (χ2v) is 8.84. The molecule has 0 radical (unpaired) electrons. The van der Waals surface area contributed by atoms with E-state index in [2.05, 4.69) is 16.3 Å². The molecule has 2 N–H and O–H groups in total. The van der Waals surface area contributed by atoms with E-state index in [1.165, 1.54) is 12.1 Å². The molecule has 0 aliphatic heterocycles. The van der Waals surface area contributed by atoms with Crippen LogP contribution in [0.4, 0.5) is 4.39 Å². The lowest BCUT2D eigenvalue weighted by Gasteiger charge is -2.18. The van der Waals surface area contributed by atoms with E-state index < -0.39 is 11.6 Å². The van der Waals surface area contributed by atoms with E-state index >= 15 is 0 Å². The summed E-state index contributed by atoms with van der Waals surface area (Å²) in [5, 5.41) is 17.8. The molecule has 1 fully saturated rings. The number of hydrogen-bond acceptors (Lipinski definition) is 3. The number of benzene rings is 3. The van der Waals surface area contributed by atoms with Gasteiger partial charge in [0.1, 0.15) is 11.6 Å². The van der Waals surface area contributed by atoms with E-state index in [-0.39, 0.29) is 5.82 Å². The smallest absolute Gasteiger partial charge is 0.348 e. The number of hydrogen-bond donors (Lipinski definition) is 2. The summed E-state index contributed by atoms with van der Waals surface area (Å²) >= 11 is 6.47. The van der Waals surface area contributed by atoms with E-state index in [4.69, 9.17) is 16.3 Å². The number of carbonyl (C=O) groups is 1. The first-order valence-electron chi connectivity index (χ1n) is 11.0. The number of aromatic amines is 1. The molecule has 1 aliphatic carbocycles. The van der Waals surface area contributed by atoms with Crippen LogP contribution in [-0.4, -0.2) is 26.9 Å². The van der Waals surface area contributed by atoms with E-state index in [0.29, 0.717) is 30.0 Å². The SMILES string of the molecule is CC/C(=C(\c1ccc(OC2(C(=O)O)CC2)cc1)c1ccc2[nH]ncc2c1)c1ccc(F)cc1Cl. The number of ether oxygens (including phenoxy) is 1. The Balaban J connectivity index is 1.65. The largest absolute Gasteiger partial charge is 0.478 e. The Bertz CT molecular complexity index is 1420. The lowest BCUT2D eigenvalue weighted by molar-refractivity contribution is -0.147. The number of carboxylic acid groups (broad SMARTS) is 1. The van der Waals surface area contributed by atoms with Crippen molar-refractivity contribution in [3.63, 3.8) is 0 Å². The van der Waals surface area contributed by atoms with Crippen molar-refractivity contribution in [2.75, 3.05) is 0 Å². The van der Waals surface area contributed by atoms with Gasteiger partial charge in [0.05, 0.1) is 16.7 Å². The maximum absolute atomic E-state index is 13.8. The van der Waals surface area contributed by atoms with Crippen molar-refractivity contribution < 1.29 is 19.0 Å². The third-order valence-electron chi connectivity index (χ3n) is 6.19. The van der Waals surface area contributed by atoms with Crippen LogP contribution in [0.5, 0.6) is 5.75 Å². The molecule has 1 heterocycles. The van der Waals surface area contributed by atoms with Crippen LogP contribution in [0.3, 0.4) is 0 Å². The van der Waals surface area contributed by atoms with Crippen LogP contribution in [0.15, 0.2) is 66.9 Å². The van der Waals surface area contributed by atoms with Crippen LogP contribution in [0, 0.1) is 5.82 Å². The molecule has 34 heavy (non-hydrogen) atoms. The summed E-state index contributed by atoms with van der Waals surface area (Å²) in [7, 11) is 0. The van der Waals surface area contributed by atoms with Gasteiger partial charge in [0, 0.05) is 18.2 Å². The molecule has 1 saturated carbocycles. The number of carboxylic acids is 1. The molecule has 0 saturated heterocycles. The summed E-state index contributed by atoms with van der Waals surface area (Å²) in [5.74, 6) is -0.824. The Morgan fingerprint density at radius 2 is 1.85 bits per heavy atom. The van der Waals surface area contributed by atoms with Gasteiger partial charge in [0.2, 0.25) is 5.60 Å². The number of fused-ring (bicyclic) bond motifs is 1. The number of H-pyrrole nitrogens is 1. The molecule has 1 aliphatic rings. The first-order valence-corrected chi connectivity index (χ1v) is 11.4. The van der Waals surface area contributed by atoms with Gasteiger partial charge in [-0.1, -0.05) is 42.8 Å². The zero-order chi connectivity index (χ0) is 23.9. The number of aromatic nitrogens is 2. The highest BCUT2D eigenvalue weighted by atomic mass is 35.5. The molecule has 4 aromatic rings. The van der Waals surface area contributed by atoms with Gasteiger partial charge in [-0.3, -0.25) is 5.10 Å². The predicted molar refractivity (Wildman–Crippen MR) is 130 cm³/mol. The van der Waals surface area contributed by atoms with Crippen molar-refractivity contribution >= 4 is 39.6 Å². The predicted octanol–water partition coefficient (Wildman–Crippen LogP) is 6.72. The highest BCUT2D eigenvalue weighted by molar-refractivity contribution is 6.32. The van der Waals surface area contributed by atoms with E-state index in [1.807, 2.05) is 31.2 Å². The third kappa shape index (κ3) is 4.05. The monoisotopic (exact) mass is 476 g/mol. The topological polar surface area (TPSA) is 75.2 Å². The molecule has 5 rings (SSSR count). The molecule has 3 aromatic carbocycles. The fourth-order valence-corrected chi connectivity index (χ4v) is 4.52. The van der Waals surface area contributed by atoms with Gasteiger partial charge in [0.15, 0.2) is 0 Å². The number of aliphatic carboxylic acids is 1. The van der Waals surface area contributed by atoms with Crippen LogP contribution >= 0.6 is 11.6 Å². The summed E-state index contributed by atoms with van der Waals surface area (Å²) in [5.41, 5.74) is 4.36. The third-order valence-corrected chi connectivity index (χ3v) is 6.50. The second-order valence-electron chi connectivity index (χ2n) is 8.43. The zero-order valence-electron chi connectivity index (χ0n) is 18.4. The van der Waals surface area contributed by atoms with Gasteiger partial charge in [-0.15, -0.1) is 0 Å². The van der Waals surface area contributed by atoms with Gasteiger partial charge in [0.25, 0.3) is 0 Å². The van der Waals surface area contributed by atoms with Crippen molar-refractivity contribution in [3.05, 3.63) is 94.4 Å². The van der Waals surface area contributed by atoms with Gasteiger partial charge in [-0.25, -0.2) is 9.18 Å². The van der Waals surface area contributed by atoms with Crippen LogP contribution in [-0.2, 0) is 4.79 Å². The van der Waals surface area contributed by atoms with E-state index in [9.17, 15) is 14.3 Å². The molecular formula is C27H22ClFN2O3. The average Bonchev–Trinajstić information content (AvgIpc) is 3.46. The fourth-order valence-electron chi connectivity index (χ4n) is 4.24. The van der Waals surface area contributed by atoms with Gasteiger partial charge in [-0.05, 0) is 70.7 Å². The number of rotatable bonds is 7. The molecule has 7 heteroatoms. The Morgan fingerprint density at radius 3 is 2.50 bits per heavy atom. The highest BCUT2D eigenvalue weighted by Gasteiger charge is 2.53. The van der Waals surface area contributed by atoms with Crippen LogP contribution in [0.25, 0.3) is 22.0 Å². The number of allylic oxidation sites excluding steroid dienone is 1. The van der Waals surface area contributed by atoms with Gasteiger partial charge >= 0.3 is 5.97 Å². The average molecular weight is 477 g/mol. The van der Waals surface area contributed by atoms with Crippen LogP contribution in [0.2, 0.25) is 5.02 Å². The minimum Gasteiger partial charge on any atom is -0.478 e. The number of nitrogens with one attached hydrogen (secondary N) is 1. The van der Waals surface area contributed by atoms with Gasteiger partial charge < -0.3 is 9.84 Å². The summed E-state index contributed by atoms with van der Waals surface area (Å²) < 4.78 is 19.6. The molecule has 0 unspecified atom stereocenters. The lowest BCUT2D eigenvalue weighted by atomic mass is 9.87. The molecule has 5 nitrogen and oxygen atoms in total. The molecule has 0 amide bonds. The molecule has 1 aromatic heterocycles. The quantitative estimate of drug-likeness (QED) is 0.290. The number of halogens is 2. The van der Waals surface area contributed by atoms with Gasteiger partial charge in [-0.2, -0.15) is 5.10 Å². The highest BCUT2D eigenvalue weighted by Crippen LogP contribution is 2.42. The molecule has 0 bridgehead atoms. The summed E-state index contributed by atoms with van der Waals surface area (Å²) in [6, 6.07) is 17.9. The Labute approximate surface area is 200 Å². The second kappa shape index (κ2) is 8.61. The minimum atomic E-state index is -1.11. The maximum atomic E-state index is 13.8. The van der Waals surface area contributed by atoms with Crippen LogP contribution in [0.1, 0.15) is 42.9 Å². The molecule has 172 valence electrons. The minimum absolute atomic E-state index is 0.343. The van der Waals surface area contributed by atoms with Crippen LogP contribution < -0.4 is 4.74 Å². The number of nitrogens with zero attached hydrogens (tertiary/aromatic N) is 1. The Kier molecular flexibility index (Phi) is 5.62. The summed E-state index contributed by atoms with van der Waals surface area (Å²) in [4.78, 5) is 11.5. The van der Waals surface area contributed by atoms with Crippen molar-refractivity contribution in [2.24, 2.45) is 0 Å². The Hall–Kier alpha value is -3.64. The Morgan fingerprint density at radius 1 is 1.12 bits per heavy atom.